The van der Waals surface area contributed by atoms with E-state index in [-0.39, 0.29) is 11.3 Å². The topological polar surface area (TPSA) is 47.6 Å². The highest BCUT2D eigenvalue weighted by molar-refractivity contribution is 6.04. The fourth-order valence-corrected chi connectivity index (χ4v) is 2.29. The molecular weight excluding hydrogens is 314 g/mol. The Balaban J connectivity index is 1.70. The third-order valence-electron chi connectivity index (χ3n) is 3.53. The minimum Gasteiger partial charge on any atom is -0.486 e. The molecule has 4 nitrogen and oxygen atoms in total. The molecule has 0 saturated carbocycles. The van der Waals surface area contributed by atoms with E-state index >= 15 is 0 Å². The Morgan fingerprint density at radius 2 is 1.68 bits per heavy atom. The Kier molecular flexibility index (Phi) is 4.67. The molecule has 1 aliphatic rings. The van der Waals surface area contributed by atoms with Crippen LogP contribution < -0.4 is 14.8 Å². The highest BCUT2D eigenvalue weighted by Crippen LogP contribution is 2.32. The van der Waals surface area contributed by atoms with Crippen LogP contribution in [0.25, 0.3) is 0 Å². The number of anilines is 1. The maximum absolute atomic E-state index is 12.4. The molecule has 128 valence electrons. The predicted octanol–water partition coefficient (Wildman–Crippen LogP) is 4.11. The smallest absolute Gasteiger partial charge is 0.255 e. The molecule has 0 saturated heterocycles. The predicted molar refractivity (Wildman–Crippen MR) is 98.2 cm³/mol. The van der Waals surface area contributed by atoms with Crippen molar-refractivity contribution in [1.82, 2.24) is 0 Å². The number of carbonyl (C=O) groups is 1. The van der Waals surface area contributed by atoms with E-state index in [1.165, 1.54) is 0 Å². The molecule has 0 atom stereocenters. The van der Waals surface area contributed by atoms with Crippen LogP contribution in [0.15, 0.2) is 42.5 Å². The van der Waals surface area contributed by atoms with Crippen molar-refractivity contribution < 1.29 is 14.3 Å². The van der Waals surface area contributed by atoms with Crippen LogP contribution in [0.2, 0.25) is 0 Å². The number of amides is 1. The lowest BCUT2D eigenvalue weighted by Crippen LogP contribution is -2.16. The molecule has 0 fully saturated rings. The third-order valence-corrected chi connectivity index (χ3v) is 3.53. The van der Waals surface area contributed by atoms with Gasteiger partial charge in [0.15, 0.2) is 11.5 Å². The van der Waals surface area contributed by atoms with Crippen LogP contribution in [-0.4, -0.2) is 19.1 Å². The summed E-state index contributed by atoms with van der Waals surface area (Å²) >= 11 is 0. The summed E-state index contributed by atoms with van der Waals surface area (Å²) in [5.74, 6) is 7.48. The van der Waals surface area contributed by atoms with Gasteiger partial charge in [0, 0.05) is 28.3 Å². The first-order valence-corrected chi connectivity index (χ1v) is 8.25. The Hall–Kier alpha value is -2.93. The van der Waals surface area contributed by atoms with Crippen molar-refractivity contribution in [2.24, 2.45) is 5.41 Å². The van der Waals surface area contributed by atoms with Gasteiger partial charge in [0.2, 0.25) is 0 Å². The molecule has 2 aromatic rings. The number of hydrogen-bond donors (Lipinski definition) is 1. The van der Waals surface area contributed by atoms with Gasteiger partial charge in [0.05, 0.1) is 0 Å². The SMILES string of the molecule is CC(C)(C)C#Cc1ccc(C(=O)Nc2ccc3c(c2)OCCO3)cc1. The zero-order valence-corrected chi connectivity index (χ0v) is 14.7. The van der Waals surface area contributed by atoms with E-state index in [9.17, 15) is 4.79 Å². The van der Waals surface area contributed by atoms with Gasteiger partial charge in [-0.2, -0.15) is 0 Å². The van der Waals surface area contributed by atoms with Gasteiger partial charge >= 0.3 is 0 Å². The molecule has 0 aromatic heterocycles. The number of hydrogen-bond acceptors (Lipinski definition) is 3. The van der Waals surface area contributed by atoms with Gasteiger partial charge in [-0.3, -0.25) is 4.79 Å². The Labute approximate surface area is 148 Å². The number of rotatable bonds is 2. The van der Waals surface area contributed by atoms with E-state index in [4.69, 9.17) is 9.47 Å². The van der Waals surface area contributed by atoms with Gasteiger partial charge < -0.3 is 14.8 Å². The summed E-state index contributed by atoms with van der Waals surface area (Å²) in [5.41, 5.74) is 2.10. The maximum atomic E-state index is 12.4. The lowest BCUT2D eigenvalue weighted by molar-refractivity contribution is 0.102. The largest absolute Gasteiger partial charge is 0.486 e. The van der Waals surface area contributed by atoms with E-state index in [1.54, 1.807) is 30.3 Å². The molecule has 0 bridgehead atoms. The lowest BCUT2D eigenvalue weighted by atomic mass is 9.97. The monoisotopic (exact) mass is 335 g/mol. The fraction of sp³-hybridized carbons (Fsp3) is 0.286. The van der Waals surface area contributed by atoms with E-state index < -0.39 is 0 Å². The summed E-state index contributed by atoms with van der Waals surface area (Å²) in [6.45, 7) is 7.25. The molecule has 0 unspecified atom stereocenters. The van der Waals surface area contributed by atoms with Crippen LogP contribution in [0.5, 0.6) is 11.5 Å². The van der Waals surface area contributed by atoms with Gasteiger partial charge in [-0.1, -0.05) is 11.8 Å². The summed E-state index contributed by atoms with van der Waals surface area (Å²) in [6, 6.07) is 12.6. The van der Waals surface area contributed by atoms with Gasteiger partial charge in [-0.15, -0.1) is 0 Å². The van der Waals surface area contributed by atoms with Crippen LogP contribution in [0.4, 0.5) is 5.69 Å². The van der Waals surface area contributed by atoms with E-state index in [2.05, 4.69) is 37.9 Å². The summed E-state index contributed by atoms with van der Waals surface area (Å²) < 4.78 is 11.0. The molecule has 25 heavy (non-hydrogen) atoms. The fourth-order valence-electron chi connectivity index (χ4n) is 2.29. The molecular formula is C21H21NO3. The second-order valence-corrected chi connectivity index (χ2v) is 6.89. The van der Waals surface area contributed by atoms with Crippen LogP contribution in [0.1, 0.15) is 36.7 Å². The molecule has 3 rings (SSSR count). The lowest BCUT2D eigenvalue weighted by Gasteiger charge is -2.19. The second kappa shape index (κ2) is 6.90. The number of fused-ring (bicyclic) bond motifs is 1. The highest BCUT2D eigenvalue weighted by Gasteiger charge is 2.13. The van der Waals surface area contributed by atoms with Crippen LogP contribution in [-0.2, 0) is 0 Å². The van der Waals surface area contributed by atoms with E-state index in [0.29, 0.717) is 36.0 Å². The molecule has 1 heterocycles. The van der Waals surface area contributed by atoms with E-state index in [0.717, 1.165) is 5.56 Å². The highest BCUT2D eigenvalue weighted by atomic mass is 16.6. The first-order chi connectivity index (χ1) is 11.9. The van der Waals surface area contributed by atoms with Crippen molar-refractivity contribution in [3.63, 3.8) is 0 Å². The molecule has 1 amide bonds. The number of benzene rings is 2. The zero-order valence-electron chi connectivity index (χ0n) is 14.7. The van der Waals surface area contributed by atoms with Crippen LogP contribution in [0, 0.1) is 17.3 Å². The third kappa shape index (κ3) is 4.54. The molecule has 0 aliphatic carbocycles. The van der Waals surface area contributed by atoms with Gasteiger partial charge in [0.1, 0.15) is 13.2 Å². The zero-order chi connectivity index (χ0) is 17.9. The number of carbonyl (C=O) groups excluding carboxylic acids is 1. The van der Waals surface area contributed by atoms with Gasteiger partial charge in [-0.05, 0) is 57.2 Å². The maximum Gasteiger partial charge on any atom is 0.255 e. The van der Waals surface area contributed by atoms with Crippen molar-refractivity contribution in [3.05, 3.63) is 53.6 Å². The number of ether oxygens (including phenoxy) is 2. The molecule has 0 spiro atoms. The number of nitrogens with one attached hydrogen (secondary N) is 1. The second-order valence-electron chi connectivity index (χ2n) is 6.89. The minimum absolute atomic E-state index is 0.0473. The Morgan fingerprint density at radius 1 is 1.00 bits per heavy atom. The molecule has 1 aliphatic heterocycles. The summed E-state index contributed by atoms with van der Waals surface area (Å²) in [4.78, 5) is 12.4. The van der Waals surface area contributed by atoms with Crippen molar-refractivity contribution in [2.45, 2.75) is 20.8 Å². The quantitative estimate of drug-likeness (QED) is 0.840. The molecule has 4 heteroatoms. The van der Waals surface area contributed by atoms with Gasteiger partial charge in [0.25, 0.3) is 5.91 Å². The molecule has 0 radical (unpaired) electrons. The average molecular weight is 335 g/mol. The van der Waals surface area contributed by atoms with Crippen LogP contribution in [0.3, 0.4) is 0 Å². The Bertz CT molecular complexity index is 836. The van der Waals surface area contributed by atoms with Crippen molar-refractivity contribution in [1.29, 1.82) is 0 Å². The molecule has 2 aromatic carbocycles. The van der Waals surface area contributed by atoms with Crippen molar-refractivity contribution in [2.75, 3.05) is 18.5 Å². The Morgan fingerprint density at radius 3 is 2.36 bits per heavy atom. The first-order valence-electron chi connectivity index (χ1n) is 8.25. The van der Waals surface area contributed by atoms with E-state index in [1.807, 2.05) is 12.1 Å². The standard InChI is InChI=1S/C21H21NO3/c1-21(2,3)11-10-15-4-6-16(7-5-15)20(23)22-17-8-9-18-19(14-17)25-13-12-24-18/h4-9,14H,12-13H2,1-3H3,(H,22,23). The minimum atomic E-state index is -0.174. The molecule has 1 N–H and O–H groups in total. The van der Waals surface area contributed by atoms with Crippen molar-refractivity contribution in [3.8, 4) is 23.3 Å². The first kappa shape index (κ1) is 16.9. The average Bonchev–Trinajstić information content (AvgIpc) is 2.59. The van der Waals surface area contributed by atoms with Gasteiger partial charge in [-0.25, -0.2) is 0 Å². The summed E-state index contributed by atoms with van der Waals surface area (Å²) in [5, 5.41) is 2.87. The van der Waals surface area contributed by atoms with Crippen LogP contribution >= 0.6 is 0 Å². The normalized spacial score (nSPS) is 12.8. The summed E-state index contributed by atoms with van der Waals surface area (Å²) in [6.07, 6.45) is 0. The summed E-state index contributed by atoms with van der Waals surface area (Å²) in [7, 11) is 0. The van der Waals surface area contributed by atoms with Crippen molar-refractivity contribution >= 4 is 11.6 Å².